The van der Waals surface area contributed by atoms with E-state index >= 15 is 0 Å². The molecule has 0 bridgehead atoms. The van der Waals surface area contributed by atoms with Crippen molar-refractivity contribution in [2.45, 2.75) is 26.3 Å². The number of carbonyl (C=O) groups excluding carboxylic acids is 2. The molecule has 2 aromatic rings. The maximum Gasteiger partial charge on any atom is 0.251 e. The first kappa shape index (κ1) is 21.0. The predicted octanol–water partition coefficient (Wildman–Crippen LogP) is 3.83. The second kappa shape index (κ2) is 10.8. The summed E-state index contributed by atoms with van der Waals surface area (Å²) < 4.78 is 5.56. The van der Waals surface area contributed by atoms with Gasteiger partial charge in [0, 0.05) is 17.3 Å². The monoisotopic (exact) mass is 381 g/mol. The van der Waals surface area contributed by atoms with E-state index < -0.39 is 0 Å². The zero-order valence-corrected chi connectivity index (χ0v) is 16.3. The average Bonchev–Trinajstić information content (AvgIpc) is 2.71. The lowest BCUT2D eigenvalue weighted by Crippen LogP contribution is -2.32. The Labute approximate surface area is 166 Å². The van der Waals surface area contributed by atoms with Gasteiger partial charge >= 0.3 is 0 Å². The summed E-state index contributed by atoms with van der Waals surface area (Å²) >= 11 is 0. The third-order valence-corrected chi connectivity index (χ3v) is 4.08. The molecule has 0 spiro atoms. The van der Waals surface area contributed by atoms with Crippen LogP contribution in [0.25, 0.3) is 0 Å². The minimum Gasteiger partial charge on any atom is -0.487 e. The van der Waals surface area contributed by atoms with E-state index in [1.165, 1.54) is 0 Å². The number of benzene rings is 2. The molecule has 28 heavy (non-hydrogen) atoms. The van der Waals surface area contributed by atoms with Crippen LogP contribution >= 0.6 is 0 Å². The van der Waals surface area contributed by atoms with Crippen LogP contribution in [0, 0.1) is 0 Å². The summed E-state index contributed by atoms with van der Waals surface area (Å²) in [5.74, 6) is 0.272. The van der Waals surface area contributed by atoms with Crippen LogP contribution in [-0.4, -0.2) is 31.0 Å². The van der Waals surface area contributed by atoms with Gasteiger partial charge < -0.3 is 20.7 Å². The molecule has 1 unspecified atom stereocenters. The largest absolute Gasteiger partial charge is 0.487 e. The number of hydrogen-bond acceptors (Lipinski definition) is 4. The van der Waals surface area contributed by atoms with Crippen molar-refractivity contribution >= 4 is 23.2 Å². The number of anilines is 2. The van der Waals surface area contributed by atoms with Crippen LogP contribution in [0.15, 0.2) is 61.2 Å². The Balaban J connectivity index is 1.94. The Bertz CT molecular complexity index is 820. The number of hydrogen-bond donors (Lipinski definition) is 3. The van der Waals surface area contributed by atoms with Crippen molar-refractivity contribution in [3.8, 4) is 5.75 Å². The molecule has 0 heterocycles. The number of ether oxygens (including phenoxy) is 1. The van der Waals surface area contributed by atoms with Crippen LogP contribution in [0.2, 0.25) is 0 Å². The molecule has 3 N–H and O–H groups in total. The summed E-state index contributed by atoms with van der Waals surface area (Å²) in [7, 11) is 0. The number of nitrogens with one attached hydrogen (secondary N) is 3. The molecule has 2 rings (SSSR count). The van der Waals surface area contributed by atoms with E-state index in [1.807, 2.05) is 38.1 Å². The topological polar surface area (TPSA) is 79.5 Å². The highest BCUT2D eigenvalue weighted by Crippen LogP contribution is 2.23. The van der Waals surface area contributed by atoms with Crippen molar-refractivity contribution < 1.29 is 14.3 Å². The van der Waals surface area contributed by atoms with E-state index in [2.05, 4.69) is 22.5 Å². The minimum absolute atomic E-state index is 0.0672. The van der Waals surface area contributed by atoms with E-state index in [0.29, 0.717) is 23.6 Å². The molecule has 0 radical (unpaired) electrons. The second-order valence-corrected chi connectivity index (χ2v) is 6.36. The Kier molecular flexibility index (Phi) is 8.09. The van der Waals surface area contributed by atoms with Crippen molar-refractivity contribution in [1.29, 1.82) is 0 Å². The molecule has 0 aromatic heterocycles. The molecule has 148 valence electrons. The molecule has 2 amide bonds. The van der Waals surface area contributed by atoms with E-state index in [4.69, 9.17) is 4.74 Å². The van der Waals surface area contributed by atoms with Crippen molar-refractivity contribution in [3.63, 3.8) is 0 Å². The first-order valence-corrected chi connectivity index (χ1v) is 9.30. The third-order valence-electron chi connectivity index (χ3n) is 4.08. The number of carbonyl (C=O) groups is 2. The highest BCUT2D eigenvalue weighted by atomic mass is 16.5. The Hall–Kier alpha value is -3.28. The van der Waals surface area contributed by atoms with Gasteiger partial charge in [-0.25, -0.2) is 0 Å². The van der Waals surface area contributed by atoms with Crippen molar-refractivity contribution in [1.82, 2.24) is 5.32 Å². The third kappa shape index (κ3) is 6.46. The maximum absolute atomic E-state index is 12.3. The highest BCUT2D eigenvalue weighted by Gasteiger charge is 2.10. The van der Waals surface area contributed by atoms with Gasteiger partial charge in [-0.05, 0) is 43.7 Å². The van der Waals surface area contributed by atoms with Crippen molar-refractivity contribution in [3.05, 3.63) is 66.7 Å². The predicted molar refractivity (Wildman–Crippen MR) is 113 cm³/mol. The van der Waals surface area contributed by atoms with Gasteiger partial charge in [-0.2, -0.15) is 0 Å². The molecule has 0 fully saturated rings. The first-order valence-electron chi connectivity index (χ1n) is 9.30. The molecule has 1 atom stereocenters. The summed E-state index contributed by atoms with van der Waals surface area (Å²) in [6.45, 7) is 8.04. The molecule has 0 saturated carbocycles. The second-order valence-electron chi connectivity index (χ2n) is 6.36. The molecule has 6 heteroatoms. The quantitative estimate of drug-likeness (QED) is 0.547. The maximum atomic E-state index is 12.3. The summed E-state index contributed by atoms with van der Waals surface area (Å²) in [6.07, 6.45) is 2.51. The van der Waals surface area contributed by atoms with Crippen LogP contribution in [-0.2, 0) is 4.79 Å². The zero-order valence-electron chi connectivity index (χ0n) is 16.3. The minimum atomic E-state index is -0.224. The highest BCUT2D eigenvalue weighted by molar-refractivity contribution is 5.98. The van der Waals surface area contributed by atoms with E-state index in [1.54, 1.807) is 30.3 Å². The van der Waals surface area contributed by atoms with Gasteiger partial charge in [0.1, 0.15) is 12.4 Å². The number of para-hydroxylation sites is 2. The summed E-state index contributed by atoms with van der Waals surface area (Å²) in [4.78, 5) is 24.5. The van der Waals surface area contributed by atoms with Crippen LogP contribution < -0.4 is 20.7 Å². The Morgan fingerprint density at radius 3 is 2.71 bits per heavy atom. The summed E-state index contributed by atoms with van der Waals surface area (Å²) in [5, 5.41) is 8.77. The molecule has 0 saturated heterocycles. The Morgan fingerprint density at radius 1 is 1.18 bits per heavy atom. The van der Waals surface area contributed by atoms with Crippen LogP contribution in [0.3, 0.4) is 0 Å². The molecule has 0 aliphatic carbocycles. The van der Waals surface area contributed by atoms with Gasteiger partial charge in [0.15, 0.2) is 0 Å². The molecule has 2 aromatic carbocycles. The van der Waals surface area contributed by atoms with Gasteiger partial charge in [-0.3, -0.25) is 9.59 Å². The van der Waals surface area contributed by atoms with Crippen molar-refractivity contribution in [2.75, 3.05) is 23.8 Å². The normalized spacial score (nSPS) is 11.2. The standard InChI is InChI=1S/C22H27N3O3/c1-4-13-28-20-12-7-6-11-19(20)23-15-21(26)25-18-10-8-9-17(14-18)22(27)24-16(3)5-2/h4,6-12,14,16,23H,1,5,13,15H2,2-3H3,(H,24,27)(H,25,26). The van der Waals surface area contributed by atoms with Gasteiger partial charge in [0.2, 0.25) is 5.91 Å². The molecule has 0 aliphatic rings. The van der Waals surface area contributed by atoms with Crippen molar-refractivity contribution in [2.24, 2.45) is 0 Å². The lowest BCUT2D eigenvalue weighted by Gasteiger charge is -2.13. The van der Waals surface area contributed by atoms with Gasteiger partial charge in [0.25, 0.3) is 5.91 Å². The average molecular weight is 381 g/mol. The zero-order chi connectivity index (χ0) is 20.4. The molecule has 0 aliphatic heterocycles. The fourth-order valence-corrected chi connectivity index (χ4v) is 2.42. The smallest absolute Gasteiger partial charge is 0.251 e. The summed E-state index contributed by atoms with van der Waals surface area (Å²) in [5.41, 5.74) is 1.80. The lowest BCUT2D eigenvalue weighted by molar-refractivity contribution is -0.114. The molecular formula is C22H27N3O3. The van der Waals surface area contributed by atoms with Gasteiger partial charge in [-0.1, -0.05) is 37.8 Å². The van der Waals surface area contributed by atoms with Crippen LogP contribution in [0.5, 0.6) is 5.75 Å². The molecule has 6 nitrogen and oxygen atoms in total. The molecular weight excluding hydrogens is 354 g/mol. The van der Waals surface area contributed by atoms with Crippen LogP contribution in [0.4, 0.5) is 11.4 Å². The van der Waals surface area contributed by atoms with E-state index in [0.717, 1.165) is 12.1 Å². The van der Waals surface area contributed by atoms with Gasteiger partial charge in [-0.15, -0.1) is 0 Å². The summed E-state index contributed by atoms with van der Waals surface area (Å²) in [6, 6.07) is 14.4. The first-order chi connectivity index (χ1) is 13.5. The van der Waals surface area contributed by atoms with Gasteiger partial charge in [0.05, 0.1) is 12.2 Å². The fourth-order valence-electron chi connectivity index (χ4n) is 2.42. The number of amides is 2. The lowest BCUT2D eigenvalue weighted by atomic mass is 10.1. The van der Waals surface area contributed by atoms with Crippen LogP contribution in [0.1, 0.15) is 30.6 Å². The van der Waals surface area contributed by atoms with E-state index in [-0.39, 0.29) is 24.4 Å². The fraction of sp³-hybridized carbons (Fsp3) is 0.273. The van der Waals surface area contributed by atoms with E-state index in [9.17, 15) is 9.59 Å². The number of rotatable bonds is 10. The SMILES string of the molecule is C=CCOc1ccccc1NCC(=O)Nc1cccc(C(=O)NC(C)CC)c1. The Morgan fingerprint density at radius 2 is 1.96 bits per heavy atom.